The molecule has 0 amide bonds. The van der Waals surface area contributed by atoms with Crippen molar-refractivity contribution in [1.82, 2.24) is 0 Å². The van der Waals surface area contributed by atoms with E-state index in [1.807, 2.05) is 39.0 Å². The average molecular weight is 361 g/mol. The van der Waals surface area contributed by atoms with E-state index in [1.54, 1.807) is 0 Å². The van der Waals surface area contributed by atoms with Crippen LogP contribution in [0.3, 0.4) is 0 Å². The molecule has 0 atom stereocenters. The molecule has 0 spiro atoms. The van der Waals surface area contributed by atoms with Crippen molar-refractivity contribution in [3.05, 3.63) is 44.9 Å². The molecule has 2 aromatic rings. The summed E-state index contributed by atoms with van der Waals surface area (Å²) in [7, 11) is 0. The summed E-state index contributed by atoms with van der Waals surface area (Å²) in [6.07, 6.45) is 6.07. The molecule has 0 saturated carbocycles. The third kappa shape index (κ3) is 2.93. The normalized spacial score (nSPS) is 15.9. The number of ether oxygens (including phenoxy) is 1. The number of fused-ring (bicyclic) bond motifs is 3. The maximum absolute atomic E-state index is 11.1. The molecule has 1 aliphatic heterocycles. The number of hydrogen-bond acceptors (Lipinski definition) is 3. The topological polar surface area (TPSA) is 66.5 Å². The zero-order valence-corrected chi connectivity index (χ0v) is 15.9. The van der Waals surface area contributed by atoms with Gasteiger partial charge in [0.2, 0.25) is 5.96 Å². The monoisotopic (exact) mass is 361 g/mol. The molecule has 27 heavy (non-hydrogen) atoms. The van der Waals surface area contributed by atoms with Gasteiger partial charge in [-0.3, -0.25) is 0 Å². The zero-order chi connectivity index (χ0) is 19.0. The van der Waals surface area contributed by atoms with Crippen LogP contribution in [0.1, 0.15) is 32.3 Å². The summed E-state index contributed by atoms with van der Waals surface area (Å²) in [6, 6.07) is 5.91. The van der Waals surface area contributed by atoms with Crippen molar-refractivity contribution in [3.63, 3.8) is 0 Å². The Hall–Kier alpha value is -2.95. The molecular formula is C22H23N3O2. The van der Waals surface area contributed by atoms with Crippen LogP contribution in [0, 0.1) is 6.92 Å². The summed E-state index contributed by atoms with van der Waals surface area (Å²) >= 11 is 0. The molecule has 0 saturated heterocycles. The Bertz CT molecular complexity index is 1190. The molecule has 1 aliphatic carbocycles. The molecule has 4 rings (SSSR count). The van der Waals surface area contributed by atoms with Crippen LogP contribution in [0.4, 0.5) is 0 Å². The second-order valence-electron chi connectivity index (χ2n) is 6.64. The van der Waals surface area contributed by atoms with E-state index in [0.29, 0.717) is 24.5 Å². The van der Waals surface area contributed by atoms with E-state index in [-0.39, 0.29) is 5.75 Å². The molecule has 0 aromatic heterocycles. The number of aromatic hydroxyl groups is 1. The highest BCUT2D eigenvalue weighted by atomic mass is 16.5. The van der Waals surface area contributed by atoms with Crippen LogP contribution in [0.15, 0.2) is 33.2 Å². The molecular weight excluding hydrogens is 338 g/mol. The van der Waals surface area contributed by atoms with E-state index in [4.69, 9.17) is 4.74 Å². The lowest BCUT2D eigenvalue weighted by Gasteiger charge is -2.12. The quantitative estimate of drug-likeness (QED) is 0.902. The standard InChI is InChI=1S/C22H23N3O2/c1-4-23-22-24-19-16-8-6-7-9-17(16)21(26)18(20(19)25-22)15-11-10-14(27-5-2)12-13(15)3/h8-12,26H,4-7H2,1-3H3. The Morgan fingerprint density at radius 1 is 1.07 bits per heavy atom. The first-order valence-electron chi connectivity index (χ1n) is 9.45. The van der Waals surface area contributed by atoms with Gasteiger partial charge < -0.3 is 9.84 Å². The first-order chi connectivity index (χ1) is 13.1. The number of rotatable bonds is 4. The lowest BCUT2D eigenvalue weighted by atomic mass is 9.95. The predicted octanol–water partition coefficient (Wildman–Crippen LogP) is 1.75. The highest BCUT2D eigenvalue weighted by molar-refractivity contribution is 5.85. The number of hydrogen-bond donors (Lipinski definition) is 1. The van der Waals surface area contributed by atoms with Gasteiger partial charge >= 0.3 is 0 Å². The van der Waals surface area contributed by atoms with E-state index in [9.17, 15) is 5.11 Å². The number of phenols is 1. The van der Waals surface area contributed by atoms with Crippen LogP contribution in [0.5, 0.6) is 11.5 Å². The van der Waals surface area contributed by atoms with Crippen molar-refractivity contribution in [2.75, 3.05) is 13.2 Å². The summed E-state index contributed by atoms with van der Waals surface area (Å²) in [5.74, 6) is 1.57. The summed E-state index contributed by atoms with van der Waals surface area (Å²) in [5, 5.41) is 14.5. The van der Waals surface area contributed by atoms with Crippen LogP contribution in [0.25, 0.3) is 23.3 Å². The molecule has 0 bridgehead atoms. The third-order valence-electron chi connectivity index (χ3n) is 4.86. The third-order valence-corrected chi connectivity index (χ3v) is 4.86. The Kier molecular flexibility index (Phi) is 4.52. The summed E-state index contributed by atoms with van der Waals surface area (Å²) in [5.41, 5.74) is 2.68. The van der Waals surface area contributed by atoms with Gasteiger partial charge in [-0.25, -0.2) is 15.0 Å². The Morgan fingerprint density at radius 2 is 1.81 bits per heavy atom. The van der Waals surface area contributed by atoms with Crippen LogP contribution in [-0.4, -0.2) is 24.2 Å². The van der Waals surface area contributed by atoms with Gasteiger partial charge in [0.15, 0.2) is 0 Å². The van der Waals surface area contributed by atoms with Gasteiger partial charge in [0.05, 0.1) is 12.2 Å². The molecule has 138 valence electrons. The first kappa shape index (κ1) is 17.5. The van der Waals surface area contributed by atoms with E-state index in [1.165, 1.54) is 0 Å². The Balaban J connectivity index is 2.08. The molecule has 0 fully saturated rings. The van der Waals surface area contributed by atoms with Crippen molar-refractivity contribution in [2.24, 2.45) is 15.0 Å². The van der Waals surface area contributed by atoms with Gasteiger partial charge in [0, 0.05) is 17.0 Å². The van der Waals surface area contributed by atoms with Gasteiger partial charge in [0.1, 0.15) is 22.2 Å². The number of guanidine groups is 1. The highest BCUT2D eigenvalue weighted by Crippen LogP contribution is 2.28. The second kappa shape index (κ2) is 6.99. The van der Waals surface area contributed by atoms with Gasteiger partial charge in [-0.15, -0.1) is 0 Å². The van der Waals surface area contributed by atoms with Crippen molar-refractivity contribution in [3.8, 4) is 22.6 Å². The van der Waals surface area contributed by atoms with E-state index < -0.39 is 0 Å². The summed E-state index contributed by atoms with van der Waals surface area (Å²) in [6.45, 7) is 7.19. The maximum Gasteiger partial charge on any atom is 0.245 e. The molecule has 2 aliphatic rings. The van der Waals surface area contributed by atoms with Crippen molar-refractivity contribution < 1.29 is 9.84 Å². The summed E-state index contributed by atoms with van der Waals surface area (Å²) < 4.78 is 5.61. The highest BCUT2D eigenvalue weighted by Gasteiger charge is 2.19. The molecule has 2 aromatic carbocycles. The Morgan fingerprint density at radius 3 is 2.52 bits per heavy atom. The van der Waals surface area contributed by atoms with Gasteiger partial charge in [-0.1, -0.05) is 18.2 Å². The largest absolute Gasteiger partial charge is 0.507 e. The van der Waals surface area contributed by atoms with Gasteiger partial charge in [-0.05, 0) is 56.9 Å². The molecule has 0 unspecified atom stereocenters. The minimum Gasteiger partial charge on any atom is -0.507 e. The molecule has 1 N–H and O–H groups in total. The van der Waals surface area contributed by atoms with Crippen LogP contribution in [-0.2, 0) is 0 Å². The number of aliphatic imine (C=N–C) groups is 1. The molecule has 0 radical (unpaired) electrons. The number of phenolic OH excluding ortho intramolecular Hbond substituents is 1. The summed E-state index contributed by atoms with van der Waals surface area (Å²) in [4.78, 5) is 13.7. The van der Waals surface area contributed by atoms with Crippen molar-refractivity contribution in [1.29, 1.82) is 0 Å². The van der Waals surface area contributed by atoms with Gasteiger partial charge in [0.25, 0.3) is 0 Å². The fraction of sp³-hybridized carbons (Fsp3) is 0.318. The fourth-order valence-corrected chi connectivity index (χ4v) is 3.70. The van der Waals surface area contributed by atoms with E-state index in [2.05, 4.69) is 27.1 Å². The van der Waals surface area contributed by atoms with E-state index >= 15 is 0 Å². The maximum atomic E-state index is 11.1. The molecule has 1 heterocycles. The minimum atomic E-state index is 0.267. The smallest absolute Gasteiger partial charge is 0.245 e. The number of nitrogens with zero attached hydrogens (tertiary/aromatic N) is 3. The van der Waals surface area contributed by atoms with Crippen LogP contribution < -0.4 is 25.9 Å². The lowest BCUT2D eigenvalue weighted by molar-refractivity contribution is 0.340. The second-order valence-corrected chi connectivity index (χ2v) is 6.64. The molecule has 5 heteroatoms. The number of aryl methyl sites for hydroxylation is 1. The fourth-order valence-electron chi connectivity index (χ4n) is 3.70. The van der Waals surface area contributed by atoms with E-state index in [0.717, 1.165) is 51.1 Å². The van der Waals surface area contributed by atoms with Crippen LogP contribution >= 0.6 is 0 Å². The van der Waals surface area contributed by atoms with Crippen molar-refractivity contribution in [2.45, 2.75) is 33.6 Å². The minimum absolute atomic E-state index is 0.267. The Labute approximate surface area is 157 Å². The number of benzene rings is 2. The predicted molar refractivity (Wildman–Crippen MR) is 107 cm³/mol. The zero-order valence-electron chi connectivity index (χ0n) is 15.9. The van der Waals surface area contributed by atoms with Crippen LogP contribution in [0.2, 0.25) is 0 Å². The van der Waals surface area contributed by atoms with Gasteiger partial charge in [-0.2, -0.15) is 0 Å². The lowest BCUT2D eigenvalue weighted by Crippen LogP contribution is -2.49. The SMILES string of the molecule is CCN=C1N=c2c(-c3ccc(OCC)cc3C)c(O)c3c(c2=N1)=CCCC=3. The van der Waals surface area contributed by atoms with Crippen molar-refractivity contribution >= 4 is 18.1 Å². The average Bonchev–Trinajstić information content (AvgIpc) is 3.08. The molecule has 5 nitrogen and oxygen atoms in total. The first-order valence-corrected chi connectivity index (χ1v) is 9.45.